The molecule has 0 heterocycles. The SMILES string of the molecule is COc1ccc(CNC(=O)CC(N)=S)cc1. The Balaban J connectivity index is 2.42. The quantitative estimate of drug-likeness (QED) is 0.751. The van der Waals surface area contributed by atoms with Crippen molar-refractivity contribution in [3.8, 4) is 5.75 Å². The number of nitrogens with one attached hydrogen (secondary N) is 1. The molecule has 1 aromatic rings. The number of benzene rings is 1. The Morgan fingerprint density at radius 3 is 2.56 bits per heavy atom. The van der Waals surface area contributed by atoms with Crippen LogP contribution in [0.15, 0.2) is 24.3 Å². The van der Waals surface area contributed by atoms with Crippen molar-refractivity contribution in [3.63, 3.8) is 0 Å². The Morgan fingerprint density at radius 1 is 1.44 bits per heavy atom. The van der Waals surface area contributed by atoms with Crippen molar-refractivity contribution in [1.29, 1.82) is 0 Å². The van der Waals surface area contributed by atoms with E-state index in [1.54, 1.807) is 7.11 Å². The highest BCUT2D eigenvalue weighted by Gasteiger charge is 2.02. The molecule has 0 atom stereocenters. The number of ether oxygens (including phenoxy) is 1. The molecule has 0 aromatic heterocycles. The second kappa shape index (κ2) is 6.07. The lowest BCUT2D eigenvalue weighted by molar-refractivity contribution is -0.120. The third kappa shape index (κ3) is 4.27. The number of methoxy groups -OCH3 is 1. The summed E-state index contributed by atoms with van der Waals surface area (Å²) in [7, 11) is 1.61. The molecule has 0 saturated heterocycles. The molecule has 0 spiro atoms. The van der Waals surface area contributed by atoms with Crippen molar-refractivity contribution in [3.05, 3.63) is 29.8 Å². The van der Waals surface area contributed by atoms with Crippen LogP contribution in [0.1, 0.15) is 12.0 Å². The highest BCUT2D eigenvalue weighted by atomic mass is 32.1. The summed E-state index contributed by atoms with van der Waals surface area (Å²) in [5, 5.41) is 2.72. The zero-order chi connectivity index (χ0) is 12.0. The minimum absolute atomic E-state index is 0.0888. The molecular weight excluding hydrogens is 224 g/mol. The summed E-state index contributed by atoms with van der Waals surface area (Å²) in [5.74, 6) is 0.626. The number of amides is 1. The predicted octanol–water partition coefficient (Wildman–Crippen LogP) is 0.988. The van der Waals surface area contributed by atoms with Crippen LogP contribution in [-0.2, 0) is 11.3 Å². The van der Waals surface area contributed by atoms with Crippen LogP contribution < -0.4 is 15.8 Å². The van der Waals surface area contributed by atoms with Gasteiger partial charge in [-0.3, -0.25) is 4.79 Å². The first-order chi connectivity index (χ1) is 7.61. The summed E-state index contributed by atoms with van der Waals surface area (Å²) >= 11 is 4.64. The van der Waals surface area contributed by atoms with E-state index in [2.05, 4.69) is 17.5 Å². The Kier molecular flexibility index (Phi) is 4.72. The van der Waals surface area contributed by atoms with Crippen LogP contribution in [0.5, 0.6) is 5.75 Å². The maximum absolute atomic E-state index is 11.2. The molecular formula is C11H14N2O2S. The van der Waals surface area contributed by atoms with Gasteiger partial charge in [0.15, 0.2) is 0 Å². The fraction of sp³-hybridized carbons (Fsp3) is 0.273. The van der Waals surface area contributed by atoms with E-state index in [0.29, 0.717) is 6.54 Å². The van der Waals surface area contributed by atoms with E-state index in [1.165, 1.54) is 0 Å². The lowest BCUT2D eigenvalue weighted by atomic mass is 10.2. The number of carbonyl (C=O) groups is 1. The first-order valence-electron chi connectivity index (χ1n) is 4.79. The fourth-order valence-electron chi connectivity index (χ4n) is 1.16. The molecule has 0 aliphatic rings. The average molecular weight is 238 g/mol. The highest BCUT2D eigenvalue weighted by Crippen LogP contribution is 2.10. The normalized spacial score (nSPS) is 9.56. The van der Waals surface area contributed by atoms with Gasteiger partial charge in [-0.15, -0.1) is 0 Å². The third-order valence-corrected chi connectivity index (χ3v) is 2.13. The van der Waals surface area contributed by atoms with Crippen LogP contribution in [0.3, 0.4) is 0 Å². The Bertz CT molecular complexity index is 376. The molecule has 1 aromatic carbocycles. The largest absolute Gasteiger partial charge is 0.497 e. The zero-order valence-corrected chi connectivity index (χ0v) is 9.84. The second-order valence-corrected chi connectivity index (χ2v) is 3.79. The van der Waals surface area contributed by atoms with Gasteiger partial charge < -0.3 is 15.8 Å². The van der Waals surface area contributed by atoms with Gasteiger partial charge in [-0.05, 0) is 17.7 Å². The molecule has 0 saturated carbocycles. The summed E-state index contributed by atoms with van der Waals surface area (Å²) in [4.78, 5) is 11.4. The monoisotopic (exact) mass is 238 g/mol. The van der Waals surface area contributed by atoms with Gasteiger partial charge in [0, 0.05) is 6.54 Å². The maximum atomic E-state index is 11.2. The molecule has 1 amide bonds. The molecule has 0 aliphatic heterocycles. The van der Waals surface area contributed by atoms with Crippen LogP contribution >= 0.6 is 12.2 Å². The average Bonchev–Trinajstić information content (AvgIpc) is 2.26. The van der Waals surface area contributed by atoms with E-state index in [-0.39, 0.29) is 17.3 Å². The van der Waals surface area contributed by atoms with E-state index >= 15 is 0 Å². The zero-order valence-electron chi connectivity index (χ0n) is 9.03. The number of hydrogen-bond donors (Lipinski definition) is 2. The van der Waals surface area contributed by atoms with Crippen molar-refractivity contribution in [2.75, 3.05) is 7.11 Å². The van der Waals surface area contributed by atoms with Gasteiger partial charge in [-0.1, -0.05) is 24.4 Å². The van der Waals surface area contributed by atoms with Gasteiger partial charge in [0.05, 0.1) is 18.5 Å². The number of carbonyl (C=O) groups excluding carboxylic acids is 1. The van der Waals surface area contributed by atoms with Crippen LogP contribution in [0.2, 0.25) is 0 Å². The molecule has 86 valence electrons. The third-order valence-electron chi connectivity index (χ3n) is 1.98. The predicted molar refractivity (Wildman–Crippen MR) is 66.2 cm³/mol. The van der Waals surface area contributed by atoms with Crippen LogP contribution in [0.4, 0.5) is 0 Å². The second-order valence-electron chi connectivity index (χ2n) is 3.27. The smallest absolute Gasteiger partial charge is 0.227 e. The minimum Gasteiger partial charge on any atom is -0.497 e. The number of thiocarbonyl (C=S) groups is 1. The van der Waals surface area contributed by atoms with E-state index in [0.717, 1.165) is 11.3 Å². The van der Waals surface area contributed by atoms with E-state index in [4.69, 9.17) is 10.5 Å². The van der Waals surface area contributed by atoms with Crippen LogP contribution in [-0.4, -0.2) is 18.0 Å². The Morgan fingerprint density at radius 2 is 2.06 bits per heavy atom. The Labute approximate surface area is 99.8 Å². The van der Waals surface area contributed by atoms with E-state index < -0.39 is 0 Å². The summed E-state index contributed by atoms with van der Waals surface area (Å²) < 4.78 is 5.03. The van der Waals surface area contributed by atoms with E-state index in [9.17, 15) is 4.79 Å². The molecule has 0 unspecified atom stereocenters. The first kappa shape index (κ1) is 12.4. The van der Waals surface area contributed by atoms with Crippen LogP contribution in [0.25, 0.3) is 0 Å². The molecule has 5 heteroatoms. The standard InChI is InChI=1S/C11H14N2O2S/c1-15-9-4-2-8(3-5-9)7-13-11(14)6-10(12)16/h2-5H,6-7H2,1H3,(H2,12,16)(H,13,14). The van der Waals surface area contributed by atoms with Gasteiger partial charge in [-0.25, -0.2) is 0 Å². The molecule has 0 aliphatic carbocycles. The Hall–Kier alpha value is -1.62. The lowest BCUT2D eigenvalue weighted by Crippen LogP contribution is -2.27. The molecule has 0 bridgehead atoms. The van der Waals surface area contributed by atoms with Crippen molar-refractivity contribution in [2.24, 2.45) is 5.73 Å². The summed E-state index contributed by atoms with van der Waals surface area (Å²) in [6.45, 7) is 0.464. The molecule has 16 heavy (non-hydrogen) atoms. The fourth-order valence-corrected chi connectivity index (χ4v) is 1.30. The number of hydrogen-bond acceptors (Lipinski definition) is 3. The topological polar surface area (TPSA) is 64.3 Å². The van der Waals surface area contributed by atoms with Gasteiger partial charge >= 0.3 is 0 Å². The maximum Gasteiger partial charge on any atom is 0.227 e. The van der Waals surface area contributed by atoms with Crippen LogP contribution in [0, 0.1) is 0 Å². The lowest BCUT2D eigenvalue weighted by Gasteiger charge is -2.05. The molecule has 0 radical (unpaired) electrons. The molecule has 1 rings (SSSR count). The summed E-state index contributed by atoms with van der Waals surface area (Å²) in [6.07, 6.45) is 0.0888. The van der Waals surface area contributed by atoms with Crippen molar-refractivity contribution in [1.82, 2.24) is 5.32 Å². The highest BCUT2D eigenvalue weighted by molar-refractivity contribution is 7.80. The number of nitrogens with two attached hydrogens (primary N) is 1. The minimum atomic E-state index is -0.164. The van der Waals surface area contributed by atoms with Crippen molar-refractivity contribution < 1.29 is 9.53 Å². The molecule has 3 N–H and O–H groups in total. The van der Waals surface area contributed by atoms with E-state index in [1.807, 2.05) is 24.3 Å². The van der Waals surface area contributed by atoms with Gasteiger partial charge in [-0.2, -0.15) is 0 Å². The molecule has 4 nitrogen and oxygen atoms in total. The number of rotatable bonds is 5. The molecule has 0 fully saturated rings. The first-order valence-corrected chi connectivity index (χ1v) is 5.20. The van der Waals surface area contributed by atoms with Gasteiger partial charge in [0.1, 0.15) is 5.75 Å². The van der Waals surface area contributed by atoms with Crippen molar-refractivity contribution in [2.45, 2.75) is 13.0 Å². The van der Waals surface area contributed by atoms with Gasteiger partial charge in [0.25, 0.3) is 0 Å². The summed E-state index contributed by atoms with van der Waals surface area (Å²) in [5.41, 5.74) is 6.25. The van der Waals surface area contributed by atoms with Crippen molar-refractivity contribution >= 4 is 23.1 Å². The van der Waals surface area contributed by atoms with Gasteiger partial charge in [0.2, 0.25) is 5.91 Å². The summed E-state index contributed by atoms with van der Waals surface area (Å²) in [6, 6.07) is 7.46.